The van der Waals surface area contributed by atoms with Gasteiger partial charge in [0.2, 0.25) is 0 Å². The van der Waals surface area contributed by atoms with Crippen molar-refractivity contribution in [1.82, 2.24) is 25.3 Å². The second kappa shape index (κ2) is 8.32. The van der Waals surface area contributed by atoms with Crippen LogP contribution in [-0.4, -0.2) is 49.7 Å². The van der Waals surface area contributed by atoms with Crippen molar-refractivity contribution in [1.29, 1.82) is 0 Å². The van der Waals surface area contributed by atoms with Gasteiger partial charge in [0.1, 0.15) is 17.6 Å². The Morgan fingerprint density at radius 2 is 1.83 bits per heavy atom. The number of aryl methyl sites for hydroxylation is 1. The molecule has 0 spiro atoms. The minimum atomic E-state index is -3.04. The van der Waals surface area contributed by atoms with E-state index in [0.29, 0.717) is 5.69 Å². The fourth-order valence-corrected chi connectivity index (χ4v) is 5.10. The molecule has 188 valence electrons. The van der Waals surface area contributed by atoms with E-state index in [2.05, 4.69) is 26.0 Å². The Labute approximate surface area is 203 Å². The second-order valence-corrected chi connectivity index (χ2v) is 9.46. The van der Waals surface area contributed by atoms with E-state index >= 15 is 0 Å². The molecule has 9 nitrogen and oxygen atoms in total. The van der Waals surface area contributed by atoms with Crippen molar-refractivity contribution < 1.29 is 27.6 Å². The maximum atomic E-state index is 14.4. The van der Waals surface area contributed by atoms with Crippen LogP contribution in [0.2, 0.25) is 0 Å². The summed E-state index contributed by atoms with van der Waals surface area (Å²) < 4.78 is 43.4. The van der Waals surface area contributed by atoms with Crippen LogP contribution in [0.25, 0.3) is 0 Å². The molecule has 1 aliphatic carbocycles. The quantitative estimate of drug-likeness (QED) is 0.355. The van der Waals surface area contributed by atoms with Gasteiger partial charge in [-0.25, -0.2) is 13.2 Å². The number of nitrogens with zero attached hydrogens (tertiary/aromatic N) is 3. The Morgan fingerprint density at radius 1 is 1.14 bits per heavy atom. The minimum Gasteiger partial charge on any atom is -0.337 e. The fraction of sp³-hybridized carbons (Fsp3) is 0.375. The number of fused-ring (bicyclic) bond motifs is 1. The van der Waals surface area contributed by atoms with Crippen molar-refractivity contribution in [3.63, 3.8) is 0 Å². The van der Waals surface area contributed by atoms with Gasteiger partial charge >= 0.3 is 0 Å². The molecule has 1 aromatic carbocycles. The lowest BCUT2D eigenvalue weighted by Gasteiger charge is -2.46. The lowest BCUT2D eigenvalue weighted by Crippen LogP contribution is -2.61. The number of hydrogen-bond donors (Lipinski definition) is 3. The average Bonchev–Trinajstić information content (AvgIpc) is 3.49. The maximum Gasteiger partial charge on any atom is 0.293 e. The zero-order valence-electron chi connectivity index (χ0n) is 19.5. The molecule has 0 radical (unpaired) electrons. The Morgan fingerprint density at radius 3 is 2.44 bits per heavy atom. The first-order valence-electron chi connectivity index (χ1n) is 11.4. The number of carbonyl (C=O) groups excluding carboxylic acids is 3. The zero-order valence-corrected chi connectivity index (χ0v) is 19.5. The highest BCUT2D eigenvalue weighted by Gasteiger charge is 2.60. The standard InChI is InChI=1S/C24H23F3N6O3/c1-12-3-5-15(6-4-12)29-21(35)19-13(2)18(16-7-14(25)9-33(16)19)20(34)22(36)30-23(10-24(26,27)11-23)17-8-28-32-31-17/h3-6,8,14H,7,9-11H2,1-2H3,(H,29,35)(H,30,36)(H,28,31,32)/t14-/m1/s1. The number of benzene rings is 1. The summed E-state index contributed by atoms with van der Waals surface area (Å²) in [7, 11) is 0. The smallest absolute Gasteiger partial charge is 0.293 e. The van der Waals surface area contributed by atoms with Crippen LogP contribution in [-0.2, 0) is 23.3 Å². The summed E-state index contributed by atoms with van der Waals surface area (Å²) in [6.45, 7) is 3.27. The van der Waals surface area contributed by atoms with Gasteiger partial charge in [0.15, 0.2) is 0 Å². The molecule has 2 amide bonds. The third kappa shape index (κ3) is 3.95. The number of anilines is 1. The molecular formula is C24H23F3N6O3. The molecule has 12 heteroatoms. The molecule has 1 aliphatic heterocycles. The Hall–Kier alpha value is -3.96. The molecule has 5 rings (SSSR count). The number of hydrogen-bond acceptors (Lipinski definition) is 5. The van der Waals surface area contributed by atoms with Crippen molar-refractivity contribution >= 4 is 23.3 Å². The summed E-state index contributed by atoms with van der Waals surface area (Å²) in [5, 5.41) is 14.8. The number of alkyl halides is 3. The Bertz CT molecular complexity index is 1360. The molecule has 3 N–H and O–H groups in total. The number of nitrogens with one attached hydrogen (secondary N) is 3. The van der Waals surface area contributed by atoms with Crippen LogP contribution in [0.15, 0.2) is 30.5 Å². The van der Waals surface area contributed by atoms with Crippen LogP contribution in [0.3, 0.4) is 0 Å². The molecule has 3 heterocycles. The van der Waals surface area contributed by atoms with Gasteiger partial charge < -0.3 is 15.2 Å². The number of rotatable bonds is 6. The molecule has 2 aromatic heterocycles. The van der Waals surface area contributed by atoms with Gasteiger partial charge in [0, 0.05) is 36.8 Å². The van der Waals surface area contributed by atoms with E-state index in [-0.39, 0.29) is 41.2 Å². The maximum absolute atomic E-state index is 14.4. The molecule has 0 unspecified atom stereocenters. The molecular weight excluding hydrogens is 477 g/mol. The first-order valence-corrected chi connectivity index (χ1v) is 11.4. The third-order valence-corrected chi connectivity index (χ3v) is 6.75. The molecule has 2 aliphatic rings. The third-order valence-electron chi connectivity index (χ3n) is 6.75. The number of halogens is 3. The predicted octanol–water partition coefficient (Wildman–Crippen LogP) is 2.99. The van der Waals surface area contributed by atoms with Crippen molar-refractivity contribution in [2.45, 2.75) is 57.3 Å². The van der Waals surface area contributed by atoms with Gasteiger partial charge in [-0.2, -0.15) is 0 Å². The van der Waals surface area contributed by atoms with Crippen molar-refractivity contribution in [2.24, 2.45) is 0 Å². The Kier molecular flexibility index (Phi) is 5.49. The van der Waals surface area contributed by atoms with Crippen molar-refractivity contribution in [3.8, 4) is 0 Å². The van der Waals surface area contributed by atoms with Crippen LogP contribution in [0.5, 0.6) is 0 Å². The van der Waals surface area contributed by atoms with E-state index in [0.717, 1.165) is 5.56 Å². The van der Waals surface area contributed by atoms with Crippen LogP contribution < -0.4 is 10.6 Å². The highest BCUT2D eigenvalue weighted by atomic mass is 19.3. The average molecular weight is 500 g/mol. The van der Waals surface area contributed by atoms with Gasteiger partial charge in [-0.1, -0.05) is 22.9 Å². The summed E-state index contributed by atoms with van der Waals surface area (Å²) in [6.07, 6.45) is -1.69. The number of ketones is 1. The topological polar surface area (TPSA) is 122 Å². The first kappa shape index (κ1) is 23.8. The van der Waals surface area contributed by atoms with Crippen molar-refractivity contribution in [3.05, 3.63) is 64.2 Å². The minimum absolute atomic E-state index is 0.0725. The fourth-order valence-electron chi connectivity index (χ4n) is 5.10. The zero-order chi connectivity index (χ0) is 25.8. The van der Waals surface area contributed by atoms with E-state index in [9.17, 15) is 27.6 Å². The SMILES string of the molecule is Cc1ccc(NC(=O)c2c(C)c(C(=O)C(=O)NC3(c4c[nH]nn4)CC(F)(F)C3)c3n2C[C@H](F)C3)cc1. The number of aromatic amines is 1. The molecule has 1 atom stereocenters. The number of H-pyrrole nitrogens is 1. The molecule has 1 fully saturated rings. The number of amides is 2. The summed E-state index contributed by atoms with van der Waals surface area (Å²) in [6, 6.07) is 7.06. The van der Waals surface area contributed by atoms with Gasteiger partial charge in [-0.3, -0.25) is 19.5 Å². The van der Waals surface area contributed by atoms with Crippen LogP contribution in [0.1, 0.15) is 56.2 Å². The summed E-state index contributed by atoms with van der Waals surface area (Å²) in [4.78, 5) is 39.5. The van der Waals surface area contributed by atoms with Crippen LogP contribution in [0.4, 0.5) is 18.9 Å². The summed E-state index contributed by atoms with van der Waals surface area (Å²) in [5.74, 6) is -5.76. The Balaban J connectivity index is 1.45. The first-order chi connectivity index (χ1) is 17.0. The van der Waals surface area contributed by atoms with Gasteiger partial charge in [0.05, 0.1) is 17.6 Å². The number of aromatic nitrogens is 4. The van der Waals surface area contributed by atoms with Crippen molar-refractivity contribution in [2.75, 3.05) is 5.32 Å². The van der Waals surface area contributed by atoms with E-state index in [1.54, 1.807) is 12.1 Å². The molecule has 0 saturated heterocycles. The van der Waals surface area contributed by atoms with Crippen LogP contribution in [0, 0.1) is 13.8 Å². The lowest BCUT2D eigenvalue weighted by atomic mass is 9.71. The van der Waals surface area contributed by atoms with E-state index in [1.165, 1.54) is 17.7 Å². The number of carbonyl (C=O) groups is 3. The molecule has 36 heavy (non-hydrogen) atoms. The second-order valence-electron chi connectivity index (χ2n) is 9.46. The normalized spacial score (nSPS) is 19.3. The van der Waals surface area contributed by atoms with Crippen LogP contribution >= 0.6 is 0 Å². The monoisotopic (exact) mass is 500 g/mol. The van der Waals surface area contributed by atoms with E-state index in [1.807, 2.05) is 19.1 Å². The largest absolute Gasteiger partial charge is 0.337 e. The van der Waals surface area contributed by atoms with E-state index in [4.69, 9.17) is 0 Å². The van der Waals surface area contributed by atoms with Gasteiger partial charge in [-0.15, -0.1) is 5.10 Å². The predicted molar refractivity (Wildman–Crippen MR) is 122 cm³/mol. The molecule has 3 aromatic rings. The summed E-state index contributed by atoms with van der Waals surface area (Å²) in [5.41, 5.74) is 0.455. The molecule has 0 bridgehead atoms. The summed E-state index contributed by atoms with van der Waals surface area (Å²) >= 11 is 0. The van der Waals surface area contributed by atoms with Gasteiger partial charge in [-0.05, 0) is 31.5 Å². The molecule has 1 saturated carbocycles. The highest BCUT2D eigenvalue weighted by Crippen LogP contribution is 2.51. The van der Waals surface area contributed by atoms with E-state index < -0.39 is 48.1 Å². The number of Topliss-reactive ketones (excluding diaryl/α,β-unsaturated/α-hetero) is 1. The van der Waals surface area contributed by atoms with Gasteiger partial charge in [0.25, 0.3) is 23.5 Å². The highest BCUT2D eigenvalue weighted by molar-refractivity contribution is 6.44. The lowest BCUT2D eigenvalue weighted by molar-refractivity contribution is -0.148.